The molecule has 1 aliphatic carbocycles. The fourth-order valence-corrected chi connectivity index (χ4v) is 4.15. The Bertz CT molecular complexity index is 394. The summed E-state index contributed by atoms with van der Waals surface area (Å²) in [5, 5.41) is 3.82. The summed E-state index contributed by atoms with van der Waals surface area (Å²) in [6, 6.07) is 5.17. The molecule has 2 atom stereocenters. The first-order chi connectivity index (χ1) is 8.69. The molecule has 1 saturated carbocycles. The topological polar surface area (TPSA) is 12.0 Å². The van der Waals surface area contributed by atoms with Gasteiger partial charge in [0, 0.05) is 16.7 Å². The molecular formula is C15H22FNS. The molecule has 0 aliphatic heterocycles. The number of halogens is 1. The Morgan fingerprint density at radius 3 is 2.94 bits per heavy atom. The van der Waals surface area contributed by atoms with Crippen LogP contribution >= 0.6 is 11.8 Å². The standard InChI is InChI=1S/C15H22FNS/c1-11-4-3-5-14(8-11)18-15-7-6-13(16)9-12(15)10-17-2/h6-7,9,11,14,17H,3-5,8,10H2,1-2H3. The Morgan fingerprint density at radius 1 is 1.39 bits per heavy atom. The first kappa shape index (κ1) is 13.9. The Labute approximate surface area is 114 Å². The molecule has 1 nitrogen and oxygen atoms in total. The molecule has 1 aliphatic rings. The van der Waals surface area contributed by atoms with Crippen LogP contribution in [0.1, 0.15) is 38.2 Å². The zero-order chi connectivity index (χ0) is 13.0. The largest absolute Gasteiger partial charge is 0.316 e. The summed E-state index contributed by atoms with van der Waals surface area (Å²) in [6.45, 7) is 3.08. The quantitative estimate of drug-likeness (QED) is 0.876. The van der Waals surface area contributed by atoms with Crippen molar-refractivity contribution in [2.75, 3.05) is 7.05 Å². The van der Waals surface area contributed by atoms with E-state index in [0.29, 0.717) is 5.25 Å². The summed E-state index contributed by atoms with van der Waals surface area (Å²) in [7, 11) is 1.90. The predicted octanol–water partition coefficient (Wildman–Crippen LogP) is 4.22. The third-order valence-electron chi connectivity index (χ3n) is 3.57. The van der Waals surface area contributed by atoms with Crippen molar-refractivity contribution in [1.82, 2.24) is 5.32 Å². The van der Waals surface area contributed by atoms with Gasteiger partial charge in [-0.25, -0.2) is 4.39 Å². The molecule has 0 radical (unpaired) electrons. The Morgan fingerprint density at radius 2 is 2.22 bits per heavy atom. The number of benzene rings is 1. The molecule has 1 fully saturated rings. The van der Waals surface area contributed by atoms with Crippen LogP contribution in [0.5, 0.6) is 0 Å². The number of nitrogens with one attached hydrogen (secondary N) is 1. The van der Waals surface area contributed by atoms with Gasteiger partial charge in [-0.2, -0.15) is 0 Å². The molecule has 2 unspecified atom stereocenters. The number of rotatable bonds is 4. The average molecular weight is 267 g/mol. The van der Waals surface area contributed by atoms with E-state index in [4.69, 9.17) is 0 Å². The molecule has 0 spiro atoms. The minimum absolute atomic E-state index is 0.137. The van der Waals surface area contributed by atoms with Gasteiger partial charge in [0.1, 0.15) is 5.82 Å². The third kappa shape index (κ3) is 3.72. The Hall–Kier alpha value is -0.540. The normalized spacial score (nSPS) is 24.2. The minimum atomic E-state index is -0.137. The van der Waals surface area contributed by atoms with Crippen LogP contribution in [0.2, 0.25) is 0 Å². The van der Waals surface area contributed by atoms with E-state index >= 15 is 0 Å². The lowest BCUT2D eigenvalue weighted by Crippen LogP contribution is -2.15. The van der Waals surface area contributed by atoms with Crippen molar-refractivity contribution in [3.05, 3.63) is 29.6 Å². The molecule has 1 N–H and O–H groups in total. The monoisotopic (exact) mass is 267 g/mol. The van der Waals surface area contributed by atoms with Crippen LogP contribution in [-0.4, -0.2) is 12.3 Å². The molecule has 100 valence electrons. The Balaban J connectivity index is 2.07. The van der Waals surface area contributed by atoms with Crippen LogP contribution in [0, 0.1) is 11.7 Å². The number of hydrogen-bond donors (Lipinski definition) is 1. The summed E-state index contributed by atoms with van der Waals surface area (Å²) in [6.07, 6.45) is 5.29. The van der Waals surface area contributed by atoms with Gasteiger partial charge in [0.15, 0.2) is 0 Å². The maximum absolute atomic E-state index is 13.3. The molecule has 1 aromatic rings. The van der Waals surface area contributed by atoms with Gasteiger partial charge < -0.3 is 5.32 Å². The van der Waals surface area contributed by atoms with Crippen LogP contribution < -0.4 is 5.32 Å². The van der Waals surface area contributed by atoms with Gasteiger partial charge in [0.25, 0.3) is 0 Å². The summed E-state index contributed by atoms with van der Waals surface area (Å²) in [5.74, 6) is 0.700. The van der Waals surface area contributed by atoms with E-state index in [1.807, 2.05) is 24.9 Å². The van der Waals surface area contributed by atoms with Crippen molar-refractivity contribution in [1.29, 1.82) is 0 Å². The average Bonchev–Trinajstić information content (AvgIpc) is 2.33. The maximum Gasteiger partial charge on any atom is 0.123 e. The summed E-state index contributed by atoms with van der Waals surface area (Å²) < 4.78 is 13.3. The first-order valence-electron chi connectivity index (χ1n) is 6.78. The number of thioether (sulfide) groups is 1. The zero-order valence-corrected chi connectivity index (χ0v) is 12.0. The SMILES string of the molecule is CNCc1cc(F)ccc1SC1CCCC(C)C1. The van der Waals surface area contributed by atoms with E-state index in [9.17, 15) is 4.39 Å². The fourth-order valence-electron chi connectivity index (χ4n) is 2.66. The second-order valence-electron chi connectivity index (χ2n) is 5.29. The molecule has 0 bridgehead atoms. The fraction of sp³-hybridized carbons (Fsp3) is 0.600. The van der Waals surface area contributed by atoms with Crippen LogP contribution in [0.15, 0.2) is 23.1 Å². The molecule has 0 amide bonds. The highest BCUT2D eigenvalue weighted by Gasteiger charge is 2.20. The van der Waals surface area contributed by atoms with Crippen molar-refractivity contribution >= 4 is 11.8 Å². The van der Waals surface area contributed by atoms with Crippen LogP contribution in [0.25, 0.3) is 0 Å². The molecule has 2 rings (SSSR count). The van der Waals surface area contributed by atoms with Gasteiger partial charge >= 0.3 is 0 Å². The second kappa shape index (κ2) is 6.58. The molecule has 0 aromatic heterocycles. The van der Waals surface area contributed by atoms with Gasteiger partial charge in [0.05, 0.1) is 0 Å². The van der Waals surface area contributed by atoms with E-state index in [0.717, 1.165) is 18.0 Å². The van der Waals surface area contributed by atoms with E-state index < -0.39 is 0 Å². The molecule has 18 heavy (non-hydrogen) atoms. The molecule has 0 saturated heterocycles. The summed E-state index contributed by atoms with van der Waals surface area (Å²) in [5.41, 5.74) is 1.08. The summed E-state index contributed by atoms with van der Waals surface area (Å²) in [4.78, 5) is 1.24. The van der Waals surface area contributed by atoms with Crippen molar-refractivity contribution in [3.8, 4) is 0 Å². The molecule has 0 heterocycles. The van der Waals surface area contributed by atoms with Gasteiger partial charge in [0.2, 0.25) is 0 Å². The van der Waals surface area contributed by atoms with Crippen LogP contribution in [0.3, 0.4) is 0 Å². The van der Waals surface area contributed by atoms with E-state index in [1.165, 1.54) is 30.6 Å². The van der Waals surface area contributed by atoms with Crippen molar-refractivity contribution in [2.24, 2.45) is 5.92 Å². The zero-order valence-electron chi connectivity index (χ0n) is 11.2. The highest BCUT2D eigenvalue weighted by atomic mass is 32.2. The summed E-state index contributed by atoms with van der Waals surface area (Å²) >= 11 is 1.94. The first-order valence-corrected chi connectivity index (χ1v) is 7.66. The lowest BCUT2D eigenvalue weighted by atomic mass is 9.91. The lowest BCUT2D eigenvalue weighted by Gasteiger charge is -2.26. The number of hydrogen-bond acceptors (Lipinski definition) is 2. The molecular weight excluding hydrogens is 245 g/mol. The van der Waals surface area contributed by atoms with Gasteiger partial charge in [-0.1, -0.05) is 19.8 Å². The maximum atomic E-state index is 13.3. The van der Waals surface area contributed by atoms with Gasteiger partial charge in [-0.3, -0.25) is 0 Å². The van der Waals surface area contributed by atoms with E-state index in [-0.39, 0.29) is 5.82 Å². The van der Waals surface area contributed by atoms with E-state index in [1.54, 1.807) is 12.1 Å². The smallest absolute Gasteiger partial charge is 0.123 e. The Kier molecular flexibility index (Phi) is 5.07. The highest BCUT2D eigenvalue weighted by molar-refractivity contribution is 8.00. The van der Waals surface area contributed by atoms with Crippen molar-refractivity contribution in [2.45, 2.75) is 49.3 Å². The van der Waals surface area contributed by atoms with Crippen LogP contribution in [0.4, 0.5) is 4.39 Å². The van der Waals surface area contributed by atoms with Crippen molar-refractivity contribution in [3.63, 3.8) is 0 Å². The highest BCUT2D eigenvalue weighted by Crippen LogP contribution is 2.37. The minimum Gasteiger partial charge on any atom is -0.316 e. The molecule has 1 aromatic carbocycles. The van der Waals surface area contributed by atoms with E-state index in [2.05, 4.69) is 12.2 Å². The third-order valence-corrected chi connectivity index (χ3v) is 4.99. The lowest BCUT2D eigenvalue weighted by molar-refractivity contribution is 0.394. The molecule has 3 heteroatoms. The van der Waals surface area contributed by atoms with Crippen LogP contribution in [-0.2, 0) is 6.54 Å². The predicted molar refractivity (Wildman–Crippen MR) is 76.4 cm³/mol. The van der Waals surface area contributed by atoms with Crippen molar-refractivity contribution < 1.29 is 4.39 Å². The van der Waals surface area contributed by atoms with Gasteiger partial charge in [-0.15, -0.1) is 11.8 Å². The van der Waals surface area contributed by atoms with Gasteiger partial charge in [-0.05, 0) is 49.6 Å². The second-order valence-corrected chi connectivity index (χ2v) is 6.64.